The van der Waals surface area contributed by atoms with E-state index in [9.17, 15) is 4.79 Å². The van der Waals surface area contributed by atoms with Gasteiger partial charge in [-0.15, -0.1) is 10.2 Å². The molecular weight excluding hydrogens is 476 g/mol. The molecule has 4 aromatic rings. The van der Waals surface area contributed by atoms with Gasteiger partial charge in [0.15, 0.2) is 11.0 Å². The molecule has 4 rings (SSSR count). The Bertz CT molecular complexity index is 1260. The highest BCUT2D eigenvalue weighted by molar-refractivity contribution is 7.98. The van der Waals surface area contributed by atoms with E-state index in [0.29, 0.717) is 23.7 Å². The van der Waals surface area contributed by atoms with Crippen LogP contribution in [-0.4, -0.2) is 20.7 Å². The second kappa shape index (κ2) is 12.0. The highest BCUT2D eigenvalue weighted by Gasteiger charge is 2.25. The number of aryl methyl sites for hydroxylation is 1. The van der Waals surface area contributed by atoms with E-state index in [1.807, 2.05) is 68.4 Å². The van der Waals surface area contributed by atoms with Gasteiger partial charge < -0.3 is 5.32 Å². The van der Waals surface area contributed by atoms with Gasteiger partial charge in [-0.25, -0.2) is 0 Å². The Kier molecular flexibility index (Phi) is 8.61. The topological polar surface area (TPSA) is 59.8 Å². The van der Waals surface area contributed by atoms with E-state index in [1.54, 1.807) is 11.8 Å². The van der Waals surface area contributed by atoms with E-state index < -0.39 is 0 Å². The molecule has 0 radical (unpaired) electrons. The van der Waals surface area contributed by atoms with Crippen LogP contribution in [0.25, 0.3) is 5.69 Å². The van der Waals surface area contributed by atoms with Crippen LogP contribution in [-0.2, 0) is 17.0 Å². The minimum absolute atomic E-state index is 0.00397. The maximum Gasteiger partial charge on any atom is 0.220 e. The number of amides is 1. The third-order valence-electron chi connectivity index (χ3n) is 5.69. The van der Waals surface area contributed by atoms with E-state index in [4.69, 9.17) is 11.6 Å². The fraction of sp³-hybridized carbons (Fsp3) is 0.250. The molecule has 1 atom stereocenters. The zero-order valence-electron chi connectivity index (χ0n) is 19.9. The summed E-state index contributed by atoms with van der Waals surface area (Å²) in [5.74, 6) is 1.45. The summed E-state index contributed by atoms with van der Waals surface area (Å²) < 4.78 is 2.05. The van der Waals surface area contributed by atoms with Crippen molar-refractivity contribution in [1.82, 2.24) is 20.1 Å². The molecule has 0 saturated carbocycles. The molecule has 0 aliphatic carbocycles. The molecule has 0 bridgehead atoms. The van der Waals surface area contributed by atoms with Crippen LogP contribution in [0.2, 0.25) is 5.02 Å². The summed E-state index contributed by atoms with van der Waals surface area (Å²) in [6.07, 6.45) is 1.85. The Labute approximate surface area is 215 Å². The summed E-state index contributed by atoms with van der Waals surface area (Å²) in [5.41, 5.74) is 4.28. The monoisotopic (exact) mass is 504 g/mol. The lowest BCUT2D eigenvalue weighted by Crippen LogP contribution is -2.31. The maximum absolute atomic E-state index is 12.7. The smallest absolute Gasteiger partial charge is 0.220 e. The number of aromatic nitrogens is 3. The number of carbonyl (C=O) groups is 1. The molecule has 0 aliphatic rings. The van der Waals surface area contributed by atoms with Crippen LogP contribution < -0.4 is 5.32 Å². The predicted octanol–water partition coefficient (Wildman–Crippen LogP) is 6.72. The number of rotatable bonds is 10. The first kappa shape index (κ1) is 25.0. The highest BCUT2D eigenvalue weighted by Crippen LogP contribution is 2.31. The van der Waals surface area contributed by atoms with Crippen LogP contribution >= 0.6 is 23.4 Å². The van der Waals surface area contributed by atoms with Crippen LogP contribution in [0.1, 0.15) is 48.3 Å². The molecule has 1 aromatic heterocycles. The van der Waals surface area contributed by atoms with Gasteiger partial charge >= 0.3 is 0 Å². The molecular formula is C28H29ClN4OS. The average molecular weight is 505 g/mol. The van der Waals surface area contributed by atoms with Crippen LogP contribution in [0, 0.1) is 6.92 Å². The van der Waals surface area contributed by atoms with Gasteiger partial charge in [-0.1, -0.05) is 97.0 Å². The van der Waals surface area contributed by atoms with Crippen molar-refractivity contribution in [2.45, 2.75) is 50.1 Å². The van der Waals surface area contributed by atoms with Crippen LogP contribution in [0.15, 0.2) is 84.0 Å². The van der Waals surface area contributed by atoms with Crippen molar-refractivity contribution in [3.8, 4) is 5.69 Å². The van der Waals surface area contributed by atoms with Crippen molar-refractivity contribution in [1.29, 1.82) is 0 Å². The van der Waals surface area contributed by atoms with E-state index in [2.05, 4.69) is 44.3 Å². The molecule has 5 nitrogen and oxygen atoms in total. The summed E-state index contributed by atoms with van der Waals surface area (Å²) in [6, 6.07) is 25.9. The first-order valence-electron chi connectivity index (χ1n) is 11.8. The highest BCUT2D eigenvalue weighted by atomic mass is 35.5. The maximum atomic E-state index is 12.7. The number of hydrogen-bond donors (Lipinski definition) is 1. The molecule has 180 valence electrons. The van der Waals surface area contributed by atoms with Crippen LogP contribution in [0.4, 0.5) is 0 Å². The summed E-state index contributed by atoms with van der Waals surface area (Å²) in [5, 5.41) is 13.8. The number of halogens is 1. The lowest BCUT2D eigenvalue weighted by molar-refractivity contribution is -0.121. The van der Waals surface area contributed by atoms with Gasteiger partial charge in [-0.3, -0.25) is 9.36 Å². The van der Waals surface area contributed by atoms with Crippen molar-refractivity contribution < 1.29 is 4.79 Å². The lowest BCUT2D eigenvalue weighted by Gasteiger charge is -2.21. The standard InChI is InChI=1S/C28H29ClN4OS/c1-3-10-26(34)30-24(17-21-11-6-4-7-12-21)27-31-32-28(35-19-22-13-8-5-9-14-22)33(27)25-18-23(29)16-15-20(25)2/h4-9,11-16,18,24H,3,10,17,19H2,1-2H3,(H,30,34). The largest absolute Gasteiger partial charge is 0.346 e. The number of thioether (sulfide) groups is 1. The average Bonchev–Trinajstić information content (AvgIpc) is 3.29. The van der Waals surface area contributed by atoms with Crippen molar-refractivity contribution in [2.24, 2.45) is 0 Å². The summed E-state index contributed by atoms with van der Waals surface area (Å²) in [7, 11) is 0. The molecule has 0 aliphatic heterocycles. The number of benzene rings is 3. The Balaban J connectivity index is 1.77. The molecule has 1 N–H and O–H groups in total. The minimum Gasteiger partial charge on any atom is -0.346 e. The zero-order valence-corrected chi connectivity index (χ0v) is 21.5. The van der Waals surface area contributed by atoms with Crippen molar-refractivity contribution >= 4 is 29.3 Å². The number of carbonyl (C=O) groups excluding carboxylic acids is 1. The second-order valence-electron chi connectivity index (χ2n) is 8.44. The first-order chi connectivity index (χ1) is 17.0. The Morgan fingerprint density at radius 1 is 1.00 bits per heavy atom. The molecule has 0 fully saturated rings. The predicted molar refractivity (Wildman–Crippen MR) is 143 cm³/mol. The molecule has 3 aromatic carbocycles. The number of nitrogens with zero attached hydrogens (tertiary/aromatic N) is 3. The molecule has 35 heavy (non-hydrogen) atoms. The lowest BCUT2D eigenvalue weighted by atomic mass is 10.0. The van der Waals surface area contributed by atoms with E-state index in [1.165, 1.54) is 5.56 Å². The van der Waals surface area contributed by atoms with Crippen LogP contribution in [0.5, 0.6) is 0 Å². The third kappa shape index (κ3) is 6.53. The molecule has 1 amide bonds. The normalized spacial score (nSPS) is 11.9. The van der Waals surface area contributed by atoms with Gasteiger partial charge in [-0.2, -0.15) is 0 Å². The third-order valence-corrected chi connectivity index (χ3v) is 6.92. The van der Waals surface area contributed by atoms with Gasteiger partial charge in [0.05, 0.1) is 11.7 Å². The first-order valence-corrected chi connectivity index (χ1v) is 13.1. The Morgan fingerprint density at radius 3 is 2.37 bits per heavy atom. The number of hydrogen-bond acceptors (Lipinski definition) is 4. The van der Waals surface area contributed by atoms with Crippen molar-refractivity contribution in [3.63, 3.8) is 0 Å². The van der Waals surface area contributed by atoms with E-state index in [-0.39, 0.29) is 11.9 Å². The number of nitrogens with one attached hydrogen (secondary N) is 1. The molecule has 1 heterocycles. The van der Waals surface area contributed by atoms with Crippen LogP contribution in [0.3, 0.4) is 0 Å². The molecule has 0 spiro atoms. The van der Waals surface area contributed by atoms with Crippen molar-refractivity contribution in [2.75, 3.05) is 0 Å². The molecule has 1 unspecified atom stereocenters. The van der Waals surface area contributed by atoms with E-state index in [0.717, 1.165) is 34.1 Å². The summed E-state index contributed by atoms with van der Waals surface area (Å²) in [6.45, 7) is 4.05. The van der Waals surface area contributed by atoms with Gasteiger partial charge in [0.1, 0.15) is 0 Å². The molecule has 7 heteroatoms. The summed E-state index contributed by atoms with van der Waals surface area (Å²) >= 11 is 8.03. The summed E-state index contributed by atoms with van der Waals surface area (Å²) in [4.78, 5) is 12.7. The Hall–Kier alpha value is -3.09. The zero-order chi connectivity index (χ0) is 24.6. The quantitative estimate of drug-likeness (QED) is 0.243. The van der Waals surface area contributed by atoms with Gasteiger partial charge in [0, 0.05) is 17.2 Å². The van der Waals surface area contributed by atoms with Gasteiger partial charge in [0.25, 0.3) is 0 Å². The second-order valence-corrected chi connectivity index (χ2v) is 9.82. The van der Waals surface area contributed by atoms with Crippen molar-refractivity contribution in [3.05, 3.63) is 106 Å². The molecule has 0 saturated heterocycles. The fourth-order valence-electron chi connectivity index (χ4n) is 3.92. The fourth-order valence-corrected chi connectivity index (χ4v) is 5.00. The Morgan fingerprint density at radius 2 is 1.69 bits per heavy atom. The van der Waals surface area contributed by atoms with Gasteiger partial charge in [0.2, 0.25) is 5.91 Å². The van der Waals surface area contributed by atoms with Gasteiger partial charge in [-0.05, 0) is 48.6 Å². The minimum atomic E-state index is -0.339. The SMILES string of the molecule is CCCC(=O)NC(Cc1ccccc1)c1nnc(SCc2ccccc2)n1-c1cc(Cl)ccc1C. The van der Waals surface area contributed by atoms with E-state index >= 15 is 0 Å².